The Labute approximate surface area is 85.0 Å². The Morgan fingerprint density at radius 2 is 2.00 bits per heavy atom. The standard InChI is InChI=1S/C11H18O3/c1-3-9-5-6-11(4-2,14-9)10-12-7-8-13-10/h5-6,9-10H,3-4,7-8H2,1-2H3. The van der Waals surface area contributed by atoms with Crippen molar-refractivity contribution in [1.82, 2.24) is 0 Å². The molecular formula is C11H18O3. The van der Waals surface area contributed by atoms with Crippen molar-refractivity contribution >= 4 is 0 Å². The van der Waals surface area contributed by atoms with Crippen LogP contribution in [-0.2, 0) is 14.2 Å². The van der Waals surface area contributed by atoms with E-state index in [2.05, 4.69) is 26.0 Å². The van der Waals surface area contributed by atoms with Crippen LogP contribution in [0.2, 0.25) is 0 Å². The van der Waals surface area contributed by atoms with Crippen molar-refractivity contribution in [2.75, 3.05) is 13.2 Å². The van der Waals surface area contributed by atoms with Crippen molar-refractivity contribution in [2.24, 2.45) is 0 Å². The normalized spacial score (nSPS) is 38.3. The van der Waals surface area contributed by atoms with Gasteiger partial charge in [-0.15, -0.1) is 0 Å². The first-order valence-electron chi connectivity index (χ1n) is 5.41. The largest absolute Gasteiger partial charge is 0.358 e. The third kappa shape index (κ3) is 1.60. The number of ether oxygens (including phenoxy) is 3. The van der Waals surface area contributed by atoms with Crippen molar-refractivity contribution < 1.29 is 14.2 Å². The van der Waals surface area contributed by atoms with Crippen molar-refractivity contribution in [3.63, 3.8) is 0 Å². The first-order chi connectivity index (χ1) is 6.80. The summed E-state index contributed by atoms with van der Waals surface area (Å²) < 4.78 is 17.0. The molecule has 1 saturated heterocycles. The lowest BCUT2D eigenvalue weighted by atomic mass is 10.0. The first kappa shape index (κ1) is 10.1. The van der Waals surface area contributed by atoms with E-state index in [9.17, 15) is 0 Å². The van der Waals surface area contributed by atoms with Crippen LogP contribution in [0.1, 0.15) is 26.7 Å². The highest BCUT2D eigenvalue weighted by atomic mass is 16.7. The molecule has 3 heteroatoms. The van der Waals surface area contributed by atoms with Gasteiger partial charge >= 0.3 is 0 Å². The van der Waals surface area contributed by atoms with E-state index < -0.39 is 0 Å². The average molecular weight is 198 g/mol. The minimum Gasteiger partial charge on any atom is -0.358 e. The zero-order chi connectivity index (χ0) is 10.0. The molecule has 2 aliphatic rings. The summed E-state index contributed by atoms with van der Waals surface area (Å²) in [6.45, 7) is 5.59. The van der Waals surface area contributed by atoms with Gasteiger partial charge in [0.05, 0.1) is 19.3 Å². The van der Waals surface area contributed by atoms with Gasteiger partial charge in [-0.1, -0.05) is 19.9 Å². The number of hydrogen-bond donors (Lipinski definition) is 0. The minimum absolute atomic E-state index is 0.208. The first-order valence-corrected chi connectivity index (χ1v) is 5.41. The molecule has 0 radical (unpaired) electrons. The molecule has 0 saturated carbocycles. The van der Waals surface area contributed by atoms with Gasteiger partial charge in [-0.2, -0.15) is 0 Å². The highest BCUT2D eigenvalue weighted by molar-refractivity contribution is 5.13. The molecule has 0 aromatic carbocycles. The molecule has 0 spiro atoms. The topological polar surface area (TPSA) is 27.7 Å². The van der Waals surface area contributed by atoms with Gasteiger partial charge in [0, 0.05) is 0 Å². The molecule has 80 valence electrons. The lowest BCUT2D eigenvalue weighted by molar-refractivity contribution is -0.187. The van der Waals surface area contributed by atoms with E-state index in [0.29, 0.717) is 13.2 Å². The summed E-state index contributed by atoms with van der Waals surface area (Å²) in [6.07, 6.45) is 6.14. The Bertz CT molecular complexity index is 221. The molecule has 0 bridgehead atoms. The van der Waals surface area contributed by atoms with Crippen LogP contribution in [0.4, 0.5) is 0 Å². The molecule has 0 aromatic rings. The summed E-state index contributed by atoms with van der Waals surface area (Å²) in [5.74, 6) is 0. The van der Waals surface area contributed by atoms with Gasteiger partial charge in [0.1, 0.15) is 5.60 Å². The van der Waals surface area contributed by atoms with Gasteiger partial charge < -0.3 is 14.2 Å². The third-order valence-corrected chi connectivity index (χ3v) is 2.94. The fraction of sp³-hybridized carbons (Fsp3) is 0.818. The fourth-order valence-corrected chi connectivity index (χ4v) is 1.99. The molecule has 0 amide bonds. The van der Waals surface area contributed by atoms with E-state index >= 15 is 0 Å². The SMILES string of the molecule is CCC1C=CC(CC)(C2OCCO2)O1. The second-order valence-corrected chi connectivity index (χ2v) is 3.81. The highest BCUT2D eigenvalue weighted by Gasteiger charge is 2.44. The molecule has 2 atom stereocenters. The summed E-state index contributed by atoms with van der Waals surface area (Å²) in [7, 11) is 0. The predicted octanol–water partition coefficient (Wildman–Crippen LogP) is 1.87. The minimum atomic E-state index is -0.336. The van der Waals surface area contributed by atoms with Crippen molar-refractivity contribution in [2.45, 2.75) is 44.7 Å². The Hall–Kier alpha value is -0.380. The van der Waals surface area contributed by atoms with Gasteiger partial charge in [-0.25, -0.2) is 0 Å². The summed E-state index contributed by atoms with van der Waals surface area (Å²) in [4.78, 5) is 0. The molecule has 2 rings (SSSR count). The third-order valence-electron chi connectivity index (χ3n) is 2.94. The maximum atomic E-state index is 5.97. The smallest absolute Gasteiger partial charge is 0.190 e. The second-order valence-electron chi connectivity index (χ2n) is 3.81. The molecular weight excluding hydrogens is 180 g/mol. The van der Waals surface area contributed by atoms with Crippen LogP contribution in [0.3, 0.4) is 0 Å². The van der Waals surface area contributed by atoms with Gasteiger partial charge in [0.25, 0.3) is 0 Å². The summed E-state index contributed by atoms with van der Waals surface area (Å²) in [5, 5.41) is 0. The van der Waals surface area contributed by atoms with Crippen LogP contribution in [0.25, 0.3) is 0 Å². The molecule has 1 fully saturated rings. The lowest BCUT2D eigenvalue weighted by Crippen LogP contribution is -2.42. The highest BCUT2D eigenvalue weighted by Crippen LogP contribution is 2.35. The van der Waals surface area contributed by atoms with Gasteiger partial charge in [0.2, 0.25) is 0 Å². The van der Waals surface area contributed by atoms with Gasteiger partial charge in [-0.05, 0) is 18.9 Å². The zero-order valence-electron chi connectivity index (χ0n) is 8.86. The van der Waals surface area contributed by atoms with Crippen LogP contribution in [0.5, 0.6) is 0 Å². The molecule has 2 heterocycles. The maximum Gasteiger partial charge on any atom is 0.190 e. The second kappa shape index (κ2) is 4.01. The molecule has 0 aliphatic carbocycles. The molecule has 14 heavy (non-hydrogen) atoms. The maximum absolute atomic E-state index is 5.97. The molecule has 0 N–H and O–H groups in total. The molecule has 3 nitrogen and oxygen atoms in total. The quantitative estimate of drug-likeness (QED) is 0.648. The van der Waals surface area contributed by atoms with Crippen LogP contribution in [0, 0.1) is 0 Å². The zero-order valence-corrected chi connectivity index (χ0v) is 8.86. The van der Waals surface area contributed by atoms with E-state index in [1.165, 1.54) is 0 Å². The Morgan fingerprint density at radius 1 is 1.29 bits per heavy atom. The van der Waals surface area contributed by atoms with Crippen LogP contribution >= 0.6 is 0 Å². The van der Waals surface area contributed by atoms with Crippen molar-refractivity contribution in [1.29, 1.82) is 0 Å². The Balaban J connectivity index is 2.07. The van der Waals surface area contributed by atoms with Gasteiger partial charge in [-0.3, -0.25) is 0 Å². The van der Waals surface area contributed by atoms with E-state index in [4.69, 9.17) is 14.2 Å². The number of hydrogen-bond acceptors (Lipinski definition) is 3. The van der Waals surface area contributed by atoms with E-state index in [1.54, 1.807) is 0 Å². The summed E-state index contributed by atoms with van der Waals surface area (Å²) in [5.41, 5.74) is -0.336. The Kier molecular flexibility index (Phi) is 2.91. The van der Waals surface area contributed by atoms with Crippen molar-refractivity contribution in [3.05, 3.63) is 12.2 Å². The predicted molar refractivity (Wildman–Crippen MR) is 53.0 cm³/mol. The van der Waals surface area contributed by atoms with E-state index in [0.717, 1.165) is 12.8 Å². The van der Waals surface area contributed by atoms with Crippen LogP contribution in [-0.4, -0.2) is 31.2 Å². The average Bonchev–Trinajstić information content (AvgIpc) is 2.87. The van der Waals surface area contributed by atoms with Crippen LogP contribution < -0.4 is 0 Å². The lowest BCUT2D eigenvalue weighted by Gasteiger charge is -2.31. The summed E-state index contributed by atoms with van der Waals surface area (Å²) >= 11 is 0. The Morgan fingerprint density at radius 3 is 2.50 bits per heavy atom. The molecule has 2 aliphatic heterocycles. The van der Waals surface area contributed by atoms with E-state index in [-0.39, 0.29) is 18.0 Å². The van der Waals surface area contributed by atoms with Crippen LogP contribution in [0.15, 0.2) is 12.2 Å². The van der Waals surface area contributed by atoms with E-state index in [1.807, 2.05) is 0 Å². The molecule has 2 unspecified atom stereocenters. The van der Waals surface area contributed by atoms with Gasteiger partial charge in [0.15, 0.2) is 6.29 Å². The number of rotatable bonds is 3. The monoisotopic (exact) mass is 198 g/mol. The fourth-order valence-electron chi connectivity index (χ4n) is 1.99. The molecule has 0 aromatic heterocycles. The summed E-state index contributed by atoms with van der Waals surface area (Å²) in [6, 6.07) is 0. The van der Waals surface area contributed by atoms with Crippen molar-refractivity contribution in [3.8, 4) is 0 Å².